The maximum Gasteiger partial charge on any atom is 0.184 e. The molecule has 2 heterocycles. The maximum atomic E-state index is 5.50. The van der Waals surface area contributed by atoms with Crippen molar-refractivity contribution in [3.8, 4) is 0 Å². The summed E-state index contributed by atoms with van der Waals surface area (Å²) in [5.41, 5.74) is 3.27. The van der Waals surface area contributed by atoms with Gasteiger partial charge in [0.25, 0.3) is 0 Å². The molecular weight excluding hydrogens is 238 g/mol. The lowest BCUT2D eigenvalue weighted by Crippen LogP contribution is -1.97. The van der Waals surface area contributed by atoms with Gasteiger partial charge in [0, 0.05) is 18.0 Å². The van der Waals surface area contributed by atoms with Gasteiger partial charge in [-0.1, -0.05) is 36.4 Å². The molecule has 0 atom stereocenters. The molecule has 0 bridgehead atoms. The predicted octanol–water partition coefficient (Wildman–Crippen LogP) is 3.30. The van der Waals surface area contributed by atoms with Crippen LogP contribution in [0.3, 0.4) is 0 Å². The Balaban J connectivity index is 1.78. The highest BCUT2D eigenvalue weighted by Crippen LogP contribution is 2.24. The van der Waals surface area contributed by atoms with Crippen molar-refractivity contribution in [2.24, 2.45) is 0 Å². The fraction of sp³-hybridized carbons (Fsp3) is 0.188. The summed E-state index contributed by atoms with van der Waals surface area (Å²) in [6.07, 6.45) is 7.50. The summed E-state index contributed by atoms with van der Waals surface area (Å²) in [6, 6.07) is 12.1. The van der Waals surface area contributed by atoms with Gasteiger partial charge in [0.05, 0.1) is 13.2 Å². The van der Waals surface area contributed by atoms with Crippen molar-refractivity contribution in [2.45, 2.75) is 6.29 Å². The average Bonchev–Trinajstić information content (AvgIpc) is 3.01. The first-order chi connectivity index (χ1) is 9.42. The largest absolute Gasteiger partial charge is 0.346 e. The predicted molar refractivity (Wildman–Crippen MR) is 74.3 cm³/mol. The zero-order chi connectivity index (χ0) is 12.9. The smallest absolute Gasteiger partial charge is 0.184 e. The lowest BCUT2D eigenvalue weighted by Gasteiger charge is -2.09. The van der Waals surface area contributed by atoms with E-state index in [1.807, 2.05) is 36.5 Å². The van der Waals surface area contributed by atoms with Gasteiger partial charge in [0.15, 0.2) is 6.29 Å². The Hall–Kier alpha value is -1.97. The van der Waals surface area contributed by atoms with E-state index in [0.29, 0.717) is 13.2 Å². The van der Waals surface area contributed by atoms with Gasteiger partial charge in [-0.3, -0.25) is 4.98 Å². The molecule has 1 aromatic carbocycles. The molecule has 3 heteroatoms. The van der Waals surface area contributed by atoms with E-state index in [1.165, 1.54) is 0 Å². The number of ether oxygens (including phenoxy) is 2. The molecule has 1 saturated heterocycles. The van der Waals surface area contributed by atoms with Crippen LogP contribution in [-0.2, 0) is 9.47 Å². The maximum absolute atomic E-state index is 5.50. The van der Waals surface area contributed by atoms with Gasteiger partial charge in [-0.2, -0.15) is 0 Å². The third-order valence-corrected chi connectivity index (χ3v) is 2.96. The number of hydrogen-bond acceptors (Lipinski definition) is 3. The van der Waals surface area contributed by atoms with E-state index in [4.69, 9.17) is 9.47 Å². The van der Waals surface area contributed by atoms with Gasteiger partial charge in [0.1, 0.15) is 0 Å². The highest BCUT2D eigenvalue weighted by atomic mass is 16.7. The van der Waals surface area contributed by atoms with Crippen molar-refractivity contribution >= 4 is 12.2 Å². The molecule has 0 unspecified atom stereocenters. The van der Waals surface area contributed by atoms with Crippen LogP contribution in [0.2, 0.25) is 0 Å². The number of hydrogen-bond donors (Lipinski definition) is 0. The van der Waals surface area contributed by atoms with Gasteiger partial charge in [0.2, 0.25) is 0 Å². The quantitative estimate of drug-likeness (QED) is 0.841. The summed E-state index contributed by atoms with van der Waals surface area (Å²) in [5, 5.41) is 0. The summed E-state index contributed by atoms with van der Waals surface area (Å²) in [5.74, 6) is 0. The molecule has 2 aromatic rings. The molecule has 1 aliphatic heterocycles. The number of rotatable bonds is 3. The second-order valence-corrected chi connectivity index (χ2v) is 4.36. The number of pyridine rings is 1. The molecular formula is C16H15NO2. The van der Waals surface area contributed by atoms with Crippen molar-refractivity contribution in [3.63, 3.8) is 0 Å². The fourth-order valence-electron chi connectivity index (χ4n) is 2.03. The van der Waals surface area contributed by atoms with E-state index in [-0.39, 0.29) is 6.29 Å². The lowest BCUT2D eigenvalue weighted by molar-refractivity contribution is -0.0441. The van der Waals surface area contributed by atoms with Crippen LogP contribution in [0.4, 0.5) is 0 Å². The van der Waals surface area contributed by atoms with Crippen LogP contribution in [0.25, 0.3) is 12.2 Å². The van der Waals surface area contributed by atoms with Gasteiger partial charge < -0.3 is 9.47 Å². The highest BCUT2D eigenvalue weighted by molar-refractivity contribution is 5.69. The molecule has 0 radical (unpaired) electrons. The summed E-state index contributed by atoms with van der Waals surface area (Å²) in [7, 11) is 0. The molecule has 0 spiro atoms. The second kappa shape index (κ2) is 5.78. The summed E-state index contributed by atoms with van der Waals surface area (Å²) in [4.78, 5) is 4.09. The Morgan fingerprint density at radius 2 is 1.79 bits per heavy atom. The van der Waals surface area contributed by atoms with E-state index in [2.05, 4.69) is 23.2 Å². The van der Waals surface area contributed by atoms with Crippen molar-refractivity contribution in [1.29, 1.82) is 0 Å². The van der Waals surface area contributed by atoms with E-state index < -0.39 is 0 Å². The van der Waals surface area contributed by atoms with Crippen LogP contribution in [0.15, 0.2) is 48.8 Å². The Bertz CT molecular complexity index is 560. The molecule has 19 heavy (non-hydrogen) atoms. The van der Waals surface area contributed by atoms with Gasteiger partial charge >= 0.3 is 0 Å². The van der Waals surface area contributed by atoms with Gasteiger partial charge in [-0.15, -0.1) is 0 Å². The Labute approximate surface area is 112 Å². The topological polar surface area (TPSA) is 31.4 Å². The summed E-state index contributed by atoms with van der Waals surface area (Å²) in [6.45, 7) is 1.33. The Morgan fingerprint density at radius 3 is 2.58 bits per heavy atom. The summed E-state index contributed by atoms with van der Waals surface area (Å²) < 4.78 is 11.0. The molecule has 0 saturated carbocycles. The fourth-order valence-corrected chi connectivity index (χ4v) is 2.03. The molecule has 0 amide bonds. The zero-order valence-electron chi connectivity index (χ0n) is 10.5. The SMILES string of the molecule is C(=C\c1cccc(C2OCCO2)c1)/c1cccnc1. The number of benzene rings is 1. The van der Waals surface area contributed by atoms with Crippen LogP contribution in [0.1, 0.15) is 23.0 Å². The van der Waals surface area contributed by atoms with Crippen molar-refractivity contribution < 1.29 is 9.47 Å². The highest BCUT2D eigenvalue weighted by Gasteiger charge is 2.17. The second-order valence-electron chi connectivity index (χ2n) is 4.36. The van der Waals surface area contributed by atoms with Crippen molar-refractivity contribution in [2.75, 3.05) is 13.2 Å². The van der Waals surface area contributed by atoms with Gasteiger partial charge in [-0.25, -0.2) is 0 Å². The van der Waals surface area contributed by atoms with Gasteiger partial charge in [-0.05, 0) is 23.3 Å². The van der Waals surface area contributed by atoms with Crippen molar-refractivity contribution in [1.82, 2.24) is 4.98 Å². The van der Waals surface area contributed by atoms with E-state index in [0.717, 1.165) is 16.7 Å². The van der Waals surface area contributed by atoms with E-state index in [1.54, 1.807) is 6.20 Å². The number of nitrogens with zero attached hydrogens (tertiary/aromatic N) is 1. The van der Waals surface area contributed by atoms with Crippen LogP contribution >= 0.6 is 0 Å². The average molecular weight is 253 g/mol. The third-order valence-electron chi connectivity index (χ3n) is 2.96. The van der Waals surface area contributed by atoms with Crippen LogP contribution in [-0.4, -0.2) is 18.2 Å². The molecule has 0 N–H and O–H groups in total. The van der Waals surface area contributed by atoms with Crippen molar-refractivity contribution in [3.05, 3.63) is 65.5 Å². The van der Waals surface area contributed by atoms with Crippen LogP contribution < -0.4 is 0 Å². The third kappa shape index (κ3) is 3.08. The first kappa shape index (κ1) is 12.1. The zero-order valence-corrected chi connectivity index (χ0v) is 10.5. The van der Waals surface area contributed by atoms with Crippen LogP contribution in [0, 0.1) is 0 Å². The van der Waals surface area contributed by atoms with E-state index >= 15 is 0 Å². The first-order valence-electron chi connectivity index (χ1n) is 6.33. The normalized spacial score (nSPS) is 16.2. The molecule has 96 valence electrons. The van der Waals surface area contributed by atoms with E-state index in [9.17, 15) is 0 Å². The minimum Gasteiger partial charge on any atom is -0.346 e. The minimum atomic E-state index is -0.216. The Morgan fingerprint density at radius 1 is 1.00 bits per heavy atom. The molecule has 1 fully saturated rings. The summed E-state index contributed by atoms with van der Waals surface area (Å²) >= 11 is 0. The molecule has 0 aliphatic carbocycles. The lowest BCUT2D eigenvalue weighted by atomic mass is 10.1. The molecule has 3 rings (SSSR count). The molecule has 1 aromatic heterocycles. The first-order valence-corrected chi connectivity index (χ1v) is 6.33. The van der Waals surface area contributed by atoms with Crippen LogP contribution in [0.5, 0.6) is 0 Å². The number of aromatic nitrogens is 1. The minimum absolute atomic E-state index is 0.216. The monoisotopic (exact) mass is 253 g/mol. The molecule has 3 nitrogen and oxygen atoms in total. The Kier molecular flexibility index (Phi) is 3.68. The standard InChI is InChI=1S/C16H15NO2/c1-3-13(6-7-14-4-2-8-17-12-14)11-15(5-1)16-18-9-10-19-16/h1-8,11-12,16H,9-10H2/b7-6+. The molecule has 1 aliphatic rings.